The number of ether oxygens (including phenoxy) is 12. The SMILES string of the molecule is O=C(COc1ccccc1C1c2cc(c(O)cc2O)C(c2ccccc2OCC(=O)OCOCC23CC4CC(CC(C4)C2)C3)c2cc(c(O)cc2O)C(c2ccccc2OCC(O)CC(=O)OCOCC23CC4CC(CC(C4)C2)C3)c2cc(c(O)cc2O)C(c2ccccc2OCC(=O)OCOCC23CC4CC(CC(C4)C2)C3)c2cc1c(O)cc2O)OCOCC12CC3CC(CC(C3)C1)C2. The Kier molecular flexibility index (Phi) is 25.1. The molecule has 17 aliphatic rings. The molecule has 24 bridgehead atoms. The maximum Gasteiger partial charge on any atom is 0.346 e. The van der Waals surface area contributed by atoms with Gasteiger partial charge in [0.2, 0.25) is 0 Å². The number of aromatic hydroxyl groups is 8. The lowest BCUT2D eigenvalue weighted by Gasteiger charge is -2.56. The average molecular weight is 1850 g/mol. The first-order valence-electron chi connectivity index (χ1n) is 49.1. The van der Waals surface area contributed by atoms with Crippen molar-refractivity contribution < 1.29 is 122 Å². The fourth-order valence-electron chi connectivity index (χ4n) is 30.1. The topological polar surface area (TPSA) is 361 Å². The van der Waals surface area contributed by atoms with Crippen molar-refractivity contribution >= 4 is 23.9 Å². The second kappa shape index (κ2) is 37.5. The van der Waals surface area contributed by atoms with E-state index in [0.717, 1.165) is 101 Å². The van der Waals surface area contributed by atoms with Crippen molar-refractivity contribution in [1.82, 2.24) is 0 Å². The average Bonchev–Trinajstić information content (AvgIpc) is 0.725. The van der Waals surface area contributed by atoms with Crippen LogP contribution in [-0.4, -0.2) is 156 Å². The van der Waals surface area contributed by atoms with Crippen LogP contribution in [0.2, 0.25) is 0 Å². The van der Waals surface area contributed by atoms with Crippen LogP contribution in [0.3, 0.4) is 0 Å². The molecule has 3 atom stereocenters. The molecule has 0 aliphatic heterocycles. The number of benzene rings is 8. The van der Waals surface area contributed by atoms with Crippen LogP contribution >= 0.6 is 0 Å². The van der Waals surface area contributed by atoms with E-state index in [1.165, 1.54) is 101 Å². The number of rotatable bonds is 34. The zero-order chi connectivity index (χ0) is 92.6. The largest absolute Gasteiger partial charge is 0.507 e. The molecule has 0 heterocycles. The maximum absolute atomic E-state index is 14.1. The summed E-state index contributed by atoms with van der Waals surface area (Å²) in [6.45, 7) is -1.92. The van der Waals surface area contributed by atoms with Crippen molar-refractivity contribution in [3.05, 3.63) is 212 Å². The van der Waals surface area contributed by atoms with Gasteiger partial charge < -0.3 is 103 Å². The maximum atomic E-state index is 14.1. The van der Waals surface area contributed by atoms with E-state index in [2.05, 4.69) is 0 Å². The van der Waals surface area contributed by atoms with Gasteiger partial charge in [-0.3, -0.25) is 4.79 Å². The summed E-state index contributed by atoms with van der Waals surface area (Å²) in [6.07, 6.45) is 26.2. The highest BCUT2D eigenvalue weighted by atomic mass is 16.7. The Morgan fingerprint density at radius 3 is 0.667 bits per heavy atom. The van der Waals surface area contributed by atoms with Crippen molar-refractivity contribution in [3.8, 4) is 69.0 Å². The van der Waals surface area contributed by atoms with E-state index < -0.39 is 132 Å². The Morgan fingerprint density at radius 1 is 0.259 bits per heavy atom. The molecule has 25 rings (SSSR count). The molecule has 3 unspecified atom stereocenters. The summed E-state index contributed by atoms with van der Waals surface area (Å²) < 4.78 is 73.8. The van der Waals surface area contributed by atoms with E-state index in [1.54, 1.807) is 97.1 Å². The Morgan fingerprint density at radius 2 is 0.452 bits per heavy atom. The molecule has 0 aromatic heterocycles. The fourth-order valence-corrected chi connectivity index (χ4v) is 30.1. The molecule has 714 valence electrons. The van der Waals surface area contributed by atoms with Gasteiger partial charge in [0.1, 0.15) is 75.6 Å². The quantitative estimate of drug-likeness (QED) is 0.00783. The molecule has 0 radical (unpaired) electrons. The van der Waals surface area contributed by atoms with Gasteiger partial charge in [-0.05, 0) is 295 Å². The summed E-state index contributed by atoms with van der Waals surface area (Å²) in [5, 5.41) is 117. The van der Waals surface area contributed by atoms with Gasteiger partial charge in [-0.15, -0.1) is 0 Å². The van der Waals surface area contributed by atoms with E-state index in [0.29, 0.717) is 97.4 Å². The normalized spacial score (nSPS) is 30.5. The molecule has 8 aromatic carbocycles. The third kappa shape index (κ3) is 18.9. The van der Waals surface area contributed by atoms with Crippen LogP contribution < -0.4 is 18.9 Å². The highest BCUT2D eigenvalue weighted by Crippen LogP contribution is 2.66. The number of phenolic OH excluding ortho intramolecular Hbond substituents is 8. The molecule has 25 nitrogen and oxygen atoms in total. The molecule has 16 saturated carbocycles. The summed E-state index contributed by atoms with van der Waals surface area (Å²) in [5.74, 6) is -5.45. The molecule has 16 fully saturated rings. The summed E-state index contributed by atoms with van der Waals surface area (Å²) in [6, 6.07) is 36.3. The number of hydrogen-bond acceptors (Lipinski definition) is 25. The van der Waals surface area contributed by atoms with Gasteiger partial charge in [0, 0.05) is 115 Å². The first kappa shape index (κ1) is 90.5. The van der Waals surface area contributed by atoms with Gasteiger partial charge in [0.25, 0.3) is 0 Å². The van der Waals surface area contributed by atoms with Crippen molar-refractivity contribution in [2.24, 2.45) is 92.7 Å². The van der Waals surface area contributed by atoms with Crippen LogP contribution in [0.25, 0.3) is 0 Å². The van der Waals surface area contributed by atoms with Crippen molar-refractivity contribution in [3.63, 3.8) is 0 Å². The number of carbonyl (C=O) groups is 4. The Labute approximate surface area is 786 Å². The third-order valence-corrected chi connectivity index (χ3v) is 33.5. The molecule has 8 aromatic rings. The number of fused-ring (bicyclic) bond motifs is 8. The van der Waals surface area contributed by atoms with Crippen LogP contribution in [0.1, 0.15) is 251 Å². The molecule has 25 heteroatoms. The Balaban J connectivity index is 0.661. The summed E-state index contributed by atoms with van der Waals surface area (Å²) in [5.41, 5.74) is 0.249. The first-order chi connectivity index (χ1) is 65.4. The highest BCUT2D eigenvalue weighted by Gasteiger charge is 2.56. The Bertz CT molecular complexity index is 5380. The number of esters is 4. The second-order valence-electron chi connectivity index (χ2n) is 43.4. The zero-order valence-electron chi connectivity index (χ0n) is 76.4. The zero-order valence-corrected chi connectivity index (χ0v) is 76.4. The Hall–Kier alpha value is -11.0. The summed E-state index contributed by atoms with van der Waals surface area (Å²) in [4.78, 5) is 56.0. The standard InChI is InChI=1S/C110H124O25/c111-74(29-99(120)132-58-124-54-107-38-62-17-63(39-107)19-64(18-62)40-107)50-128-95-13-5-1-9-75(95)103-79-30-81(89(114)34-87(79)112)104(76-10-2-6-14-96(76)129-51-100(121)133-59-125-55-108-41-65-20-66(42-108)22-67(21-65)43-108)83-32-85(93(118)36-91(83)116)106(78-12-4-8-16-98(78)131-53-102(123)135-61-127-57-110-47-71-26-72(48-110)28-73(27-71)49-110)86-33-84(92(117)37-94(86)119)105(82-31-80(103)88(113)35-90(82)115)77-11-3-7-15-97(77)130-52-101(122)134-60-126-56-109-44-68-23-69(45-109)25-70(24-68)46-109/h1-16,30-37,62-74,103-106,111-119H,17-29,38-61H2. The van der Waals surface area contributed by atoms with E-state index in [9.17, 15) is 65.1 Å². The lowest BCUT2D eigenvalue weighted by Crippen LogP contribution is -2.48. The molecule has 0 spiro atoms. The van der Waals surface area contributed by atoms with Crippen molar-refractivity contribution in [2.45, 2.75) is 190 Å². The fraction of sp³-hybridized carbons (Fsp3) is 0.527. The smallest absolute Gasteiger partial charge is 0.346 e. The van der Waals surface area contributed by atoms with Gasteiger partial charge in [-0.2, -0.15) is 0 Å². The number of aliphatic hydroxyl groups is 1. The number of para-hydroxylation sites is 4. The minimum absolute atomic E-state index is 0.0276. The van der Waals surface area contributed by atoms with Gasteiger partial charge in [0.05, 0.1) is 39.0 Å². The minimum atomic E-state index is -1.51. The van der Waals surface area contributed by atoms with E-state index in [1.807, 2.05) is 0 Å². The van der Waals surface area contributed by atoms with Crippen LogP contribution in [0.4, 0.5) is 0 Å². The number of carbonyl (C=O) groups excluding carboxylic acids is 4. The van der Waals surface area contributed by atoms with Gasteiger partial charge in [-0.1, -0.05) is 72.8 Å². The molecule has 9 N–H and O–H groups in total. The van der Waals surface area contributed by atoms with Crippen LogP contribution in [0.15, 0.2) is 146 Å². The van der Waals surface area contributed by atoms with Gasteiger partial charge in [0.15, 0.2) is 47.0 Å². The van der Waals surface area contributed by atoms with Crippen LogP contribution in [0, 0.1) is 92.7 Å². The molecular weight excluding hydrogens is 1720 g/mol. The van der Waals surface area contributed by atoms with Crippen LogP contribution in [-0.2, 0) is 57.1 Å². The van der Waals surface area contributed by atoms with E-state index >= 15 is 0 Å². The molecule has 0 amide bonds. The summed E-state index contributed by atoms with van der Waals surface area (Å²) >= 11 is 0. The predicted molar refractivity (Wildman–Crippen MR) is 491 cm³/mol. The molecule has 17 aliphatic carbocycles. The van der Waals surface area contributed by atoms with E-state index in [-0.39, 0.29) is 139 Å². The lowest BCUT2D eigenvalue weighted by molar-refractivity contribution is -0.169. The number of hydrogen-bond donors (Lipinski definition) is 9. The second-order valence-corrected chi connectivity index (χ2v) is 43.4. The monoisotopic (exact) mass is 1840 g/mol. The van der Waals surface area contributed by atoms with E-state index in [4.69, 9.17) is 56.8 Å². The van der Waals surface area contributed by atoms with Crippen molar-refractivity contribution in [2.75, 3.05) is 80.0 Å². The van der Waals surface area contributed by atoms with Gasteiger partial charge >= 0.3 is 23.9 Å². The molecular formula is C110H124O25. The minimum Gasteiger partial charge on any atom is -0.507 e. The van der Waals surface area contributed by atoms with Crippen molar-refractivity contribution in [1.29, 1.82) is 0 Å². The molecule has 0 saturated heterocycles. The van der Waals surface area contributed by atoms with Gasteiger partial charge in [-0.25, -0.2) is 14.4 Å². The predicted octanol–water partition coefficient (Wildman–Crippen LogP) is 18.6. The number of aliphatic hydroxyl groups excluding tert-OH is 1. The third-order valence-electron chi connectivity index (χ3n) is 33.5. The number of phenols is 8. The summed E-state index contributed by atoms with van der Waals surface area (Å²) in [7, 11) is 0. The molecule has 135 heavy (non-hydrogen) atoms. The van der Waals surface area contributed by atoms with Crippen LogP contribution in [0.5, 0.6) is 69.0 Å². The lowest BCUT2D eigenvalue weighted by atomic mass is 9.50. The first-order valence-corrected chi connectivity index (χ1v) is 49.1. The highest BCUT2D eigenvalue weighted by molar-refractivity contribution is 5.74.